The third-order valence-electron chi connectivity index (χ3n) is 6.76. The van der Waals surface area contributed by atoms with Gasteiger partial charge in [0.05, 0.1) is 22.3 Å². The molecule has 1 heterocycles. The maximum absolute atomic E-state index is 13.2. The molecule has 8 nitrogen and oxygen atoms in total. The summed E-state index contributed by atoms with van der Waals surface area (Å²) in [5, 5.41) is 0. The number of sulfonamides is 1. The average Bonchev–Trinajstić information content (AvgIpc) is 2.83. The SMILES string of the molecule is CC(=O)N1c2ccc(-c3ccc(S(=O)(=O)N(C)C)cc3)cc2N(C(=O)OC2CCCCC2)C[C@@H]1C. The van der Waals surface area contributed by atoms with Crippen LogP contribution in [0, 0.1) is 0 Å². The summed E-state index contributed by atoms with van der Waals surface area (Å²) >= 11 is 0. The monoisotopic (exact) mass is 499 g/mol. The molecule has 1 aliphatic heterocycles. The molecule has 0 saturated heterocycles. The molecule has 4 rings (SSSR count). The van der Waals surface area contributed by atoms with E-state index in [4.69, 9.17) is 4.74 Å². The van der Waals surface area contributed by atoms with Gasteiger partial charge in [0.1, 0.15) is 6.10 Å². The second kappa shape index (κ2) is 9.99. The Morgan fingerprint density at radius 1 is 0.943 bits per heavy atom. The number of carbonyl (C=O) groups is 2. The number of anilines is 2. The van der Waals surface area contributed by atoms with Crippen LogP contribution in [0.3, 0.4) is 0 Å². The van der Waals surface area contributed by atoms with Crippen molar-refractivity contribution >= 4 is 33.4 Å². The zero-order chi connectivity index (χ0) is 25.3. The maximum atomic E-state index is 13.2. The number of hydrogen-bond acceptors (Lipinski definition) is 5. The molecule has 0 N–H and O–H groups in total. The van der Waals surface area contributed by atoms with Crippen molar-refractivity contribution in [2.24, 2.45) is 0 Å². The fourth-order valence-corrected chi connectivity index (χ4v) is 5.78. The molecule has 0 radical (unpaired) electrons. The topological polar surface area (TPSA) is 87.2 Å². The molecule has 0 spiro atoms. The van der Waals surface area contributed by atoms with Gasteiger partial charge in [-0.25, -0.2) is 17.5 Å². The first-order chi connectivity index (χ1) is 16.6. The first kappa shape index (κ1) is 25.2. The number of rotatable bonds is 4. The van der Waals surface area contributed by atoms with E-state index in [1.807, 2.05) is 25.1 Å². The molecule has 1 aliphatic carbocycles. The molecule has 2 aromatic carbocycles. The quantitative estimate of drug-likeness (QED) is 0.612. The second-order valence-corrected chi connectivity index (χ2v) is 11.7. The van der Waals surface area contributed by atoms with Crippen molar-refractivity contribution in [3.63, 3.8) is 0 Å². The van der Waals surface area contributed by atoms with Gasteiger partial charge in [-0.15, -0.1) is 0 Å². The summed E-state index contributed by atoms with van der Waals surface area (Å²) < 4.78 is 31.9. The lowest BCUT2D eigenvalue weighted by Gasteiger charge is -2.41. The number of carbonyl (C=O) groups excluding carboxylic acids is 2. The lowest BCUT2D eigenvalue weighted by Crippen LogP contribution is -2.52. The van der Waals surface area contributed by atoms with E-state index >= 15 is 0 Å². The van der Waals surface area contributed by atoms with E-state index in [1.165, 1.54) is 31.7 Å². The largest absolute Gasteiger partial charge is 0.446 e. The molecule has 2 aliphatic rings. The van der Waals surface area contributed by atoms with Crippen LogP contribution in [0.25, 0.3) is 11.1 Å². The van der Waals surface area contributed by atoms with Crippen molar-refractivity contribution in [1.82, 2.24) is 4.31 Å². The Bertz CT molecular complexity index is 1200. The standard InChI is InChI=1S/C26H33N3O5S/c1-18-17-28(26(31)34-22-8-6-5-7-9-22)25-16-21(12-15-24(25)29(18)19(2)30)20-10-13-23(14-11-20)35(32,33)27(3)4/h10-16,18,22H,5-9,17H2,1-4H3/t18-/m0/s1. The second-order valence-electron chi connectivity index (χ2n) is 9.51. The van der Waals surface area contributed by atoms with Crippen LogP contribution in [0.2, 0.25) is 0 Å². The lowest BCUT2D eigenvalue weighted by molar-refractivity contribution is -0.117. The molecule has 9 heteroatoms. The highest BCUT2D eigenvalue weighted by Gasteiger charge is 2.35. The van der Waals surface area contributed by atoms with E-state index in [2.05, 4.69) is 0 Å². The van der Waals surface area contributed by atoms with Crippen molar-refractivity contribution < 1.29 is 22.7 Å². The van der Waals surface area contributed by atoms with Crippen molar-refractivity contribution in [2.75, 3.05) is 30.4 Å². The Balaban J connectivity index is 1.69. The fraction of sp³-hybridized carbons (Fsp3) is 0.462. The van der Waals surface area contributed by atoms with E-state index in [1.54, 1.807) is 34.1 Å². The smallest absolute Gasteiger partial charge is 0.414 e. The van der Waals surface area contributed by atoms with Crippen LogP contribution >= 0.6 is 0 Å². The summed E-state index contributed by atoms with van der Waals surface area (Å²) in [5.74, 6) is -0.0926. The summed E-state index contributed by atoms with van der Waals surface area (Å²) in [4.78, 5) is 29.2. The summed E-state index contributed by atoms with van der Waals surface area (Å²) in [7, 11) is -0.537. The first-order valence-electron chi connectivity index (χ1n) is 12.0. The number of hydrogen-bond donors (Lipinski definition) is 0. The van der Waals surface area contributed by atoms with Gasteiger partial charge >= 0.3 is 6.09 Å². The van der Waals surface area contributed by atoms with Gasteiger partial charge < -0.3 is 9.64 Å². The van der Waals surface area contributed by atoms with Crippen LogP contribution < -0.4 is 9.80 Å². The lowest BCUT2D eigenvalue weighted by atomic mass is 9.98. The van der Waals surface area contributed by atoms with E-state index < -0.39 is 16.1 Å². The van der Waals surface area contributed by atoms with Gasteiger partial charge in [-0.05, 0) is 68.0 Å². The average molecular weight is 500 g/mol. The highest BCUT2D eigenvalue weighted by atomic mass is 32.2. The predicted octanol–water partition coefficient (Wildman–Crippen LogP) is 4.63. The Morgan fingerprint density at radius 3 is 2.17 bits per heavy atom. The number of amides is 2. The van der Waals surface area contributed by atoms with Gasteiger partial charge in [-0.3, -0.25) is 9.69 Å². The van der Waals surface area contributed by atoms with Crippen molar-refractivity contribution in [3.05, 3.63) is 42.5 Å². The Kier molecular flexibility index (Phi) is 7.19. The van der Waals surface area contributed by atoms with Crippen molar-refractivity contribution in [1.29, 1.82) is 0 Å². The molecule has 2 aromatic rings. The molecule has 2 amide bonds. The third-order valence-corrected chi connectivity index (χ3v) is 8.59. The number of nitrogens with zero attached hydrogens (tertiary/aromatic N) is 3. The Hall–Kier alpha value is -2.91. The van der Waals surface area contributed by atoms with E-state index in [0.717, 1.165) is 36.8 Å². The molecular weight excluding hydrogens is 466 g/mol. The molecular formula is C26H33N3O5S. The van der Waals surface area contributed by atoms with E-state index in [9.17, 15) is 18.0 Å². The molecule has 35 heavy (non-hydrogen) atoms. The molecule has 1 fully saturated rings. The molecule has 1 saturated carbocycles. The minimum Gasteiger partial charge on any atom is -0.446 e. The third kappa shape index (κ3) is 5.06. The van der Waals surface area contributed by atoms with E-state index in [0.29, 0.717) is 17.9 Å². The highest BCUT2D eigenvalue weighted by Crippen LogP contribution is 2.39. The predicted molar refractivity (Wildman–Crippen MR) is 136 cm³/mol. The van der Waals surface area contributed by atoms with Crippen LogP contribution in [0.4, 0.5) is 16.2 Å². The zero-order valence-electron chi connectivity index (χ0n) is 20.7. The van der Waals surface area contributed by atoms with Crippen LogP contribution in [0.15, 0.2) is 47.4 Å². The summed E-state index contributed by atoms with van der Waals surface area (Å²) in [5.41, 5.74) is 2.89. The number of fused-ring (bicyclic) bond motifs is 1. The Labute approximate surface area is 207 Å². The molecule has 0 aromatic heterocycles. The van der Waals surface area contributed by atoms with Crippen LogP contribution in [-0.2, 0) is 19.6 Å². The fourth-order valence-electron chi connectivity index (χ4n) is 4.88. The minimum atomic E-state index is -3.53. The normalized spacial score (nSPS) is 18.9. The van der Waals surface area contributed by atoms with Gasteiger partial charge in [0, 0.05) is 27.6 Å². The van der Waals surface area contributed by atoms with Gasteiger partial charge in [0.2, 0.25) is 15.9 Å². The van der Waals surface area contributed by atoms with Gasteiger partial charge in [0.25, 0.3) is 0 Å². The summed E-state index contributed by atoms with van der Waals surface area (Å²) in [6.45, 7) is 3.78. The highest BCUT2D eigenvalue weighted by molar-refractivity contribution is 7.89. The summed E-state index contributed by atoms with van der Waals surface area (Å²) in [6, 6.07) is 12.0. The number of benzene rings is 2. The van der Waals surface area contributed by atoms with Gasteiger partial charge in [0.15, 0.2) is 0 Å². The summed E-state index contributed by atoms with van der Waals surface area (Å²) in [6.07, 6.45) is 4.59. The zero-order valence-corrected chi connectivity index (χ0v) is 21.5. The van der Waals surface area contributed by atoms with Crippen molar-refractivity contribution in [3.8, 4) is 11.1 Å². The molecule has 1 atom stereocenters. The van der Waals surface area contributed by atoms with Crippen LogP contribution in [-0.4, -0.2) is 57.5 Å². The minimum absolute atomic E-state index is 0.0739. The van der Waals surface area contributed by atoms with Crippen molar-refractivity contribution in [2.45, 2.75) is 63.0 Å². The molecule has 0 unspecified atom stereocenters. The van der Waals surface area contributed by atoms with Crippen LogP contribution in [0.1, 0.15) is 46.0 Å². The van der Waals surface area contributed by atoms with Gasteiger partial charge in [-0.1, -0.05) is 24.6 Å². The molecule has 188 valence electrons. The Morgan fingerprint density at radius 2 is 1.57 bits per heavy atom. The molecule has 0 bridgehead atoms. The van der Waals surface area contributed by atoms with Crippen LogP contribution in [0.5, 0.6) is 0 Å². The number of ether oxygens (including phenoxy) is 1. The first-order valence-corrected chi connectivity index (χ1v) is 13.5. The van der Waals surface area contributed by atoms with Gasteiger partial charge in [-0.2, -0.15) is 0 Å². The van der Waals surface area contributed by atoms with E-state index in [-0.39, 0.29) is 22.9 Å². The maximum Gasteiger partial charge on any atom is 0.414 e.